The van der Waals surface area contributed by atoms with Gasteiger partial charge in [0.15, 0.2) is 0 Å². The van der Waals surface area contributed by atoms with Gasteiger partial charge >= 0.3 is 0 Å². The number of piperazine rings is 1. The first-order valence-corrected chi connectivity index (χ1v) is 10.7. The molecule has 6 nitrogen and oxygen atoms in total. The van der Waals surface area contributed by atoms with E-state index >= 15 is 0 Å². The van der Waals surface area contributed by atoms with Crippen LogP contribution in [0.1, 0.15) is 0 Å². The van der Waals surface area contributed by atoms with Crippen LogP contribution in [0.5, 0.6) is 0 Å². The van der Waals surface area contributed by atoms with Crippen molar-refractivity contribution in [2.75, 3.05) is 37.3 Å². The lowest BCUT2D eigenvalue weighted by molar-refractivity contribution is 0.387. The van der Waals surface area contributed by atoms with E-state index in [1.54, 1.807) is 17.7 Å². The Morgan fingerprint density at radius 2 is 1.76 bits per heavy atom. The van der Waals surface area contributed by atoms with Crippen molar-refractivity contribution in [2.45, 2.75) is 0 Å². The zero-order valence-corrected chi connectivity index (χ0v) is 15.4. The van der Waals surface area contributed by atoms with Crippen molar-refractivity contribution in [3.8, 4) is 11.1 Å². The van der Waals surface area contributed by atoms with Crippen LogP contribution in [-0.2, 0) is 10.0 Å². The van der Waals surface area contributed by atoms with Gasteiger partial charge in [0.2, 0.25) is 10.0 Å². The second-order valence-corrected chi connectivity index (χ2v) is 8.88. The molecule has 0 radical (unpaired) electrons. The highest BCUT2D eigenvalue weighted by Crippen LogP contribution is 2.37. The van der Waals surface area contributed by atoms with Crippen molar-refractivity contribution < 1.29 is 8.42 Å². The molecule has 1 aromatic carbocycles. The lowest BCUT2D eigenvalue weighted by atomic mass is 10.1. The van der Waals surface area contributed by atoms with Gasteiger partial charge in [-0.05, 0) is 5.56 Å². The fourth-order valence-corrected chi connectivity index (χ4v) is 4.90. The fourth-order valence-electron chi connectivity index (χ4n) is 3.16. The number of benzene rings is 1. The Labute approximate surface area is 150 Å². The van der Waals surface area contributed by atoms with Gasteiger partial charge in [0.05, 0.1) is 11.6 Å². The van der Waals surface area contributed by atoms with E-state index in [0.29, 0.717) is 26.2 Å². The average molecular weight is 374 g/mol. The van der Waals surface area contributed by atoms with Gasteiger partial charge in [-0.15, -0.1) is 11.3 Å². The molecule has 0 saturated carbocycles. The molecule has 25 heavy (non-hydrogen) atoms. The molecule has 3 aromatic rings. The second kappa shape index (κ2) is 6.36. The van der Waals surface area contributed by atoms with Gasteiger partial charge < -0.3 is 4.90 Å². The first-order chi connectivity index (χ1) is 12.0. The Morgan fingerprint density at radius 3 is 2.44 bits per heavy atom. The van der Waals surface area contributed by atoms with Crippen molar-refractivity contribution in [3.63, 3.8) is 0 Å². The maximum absolute atomic E-state index is 11.7. The van der Waals surface area contributed by atoms with E-state index in [1.165, 1.54) is 10.6 Å². The Hall–Kier alpha value is -2.03. The Morgan fingerprint density at radius 1 is 1.04 bits per heavy atom. The summed E-state index contributed by atoms with van der Waals surface area (Å²) in [5, 5.41) is 3.16. The first-order valence-electron chi connectivity index (χ1n) is 8.02. The van der Waals surface area contributed by atoms with E-state index in [0.717, 1.165) is 27.2 Å². The van der Waals surface area contributed by atoms with Crippen LogP contribution in [0.3, 0.4) is 0 Å². The monoisotopic (exact) mass is 374 g/mol. The van der Waals surface area contributed by atoms with Crippen LogP contribution in [-0.4, -0.2) is 55.1 Å². The van der Waals surface area contributed by atoms with Gasteiger partial charge in [-0.2, -0.15) is 4.31 Å². The van der Waals surface area contributed by atoms with Gasteiger partial charge in [0, 0.05) is 37.1 Å². The van der Waals surface area contributed by atoms with Crippen molar-refractivity contribution in [1.29, 1.82) is 0 Å². The van der Waals surface area contributed by atoms with Crippen LogP contribution in [0.2, 0.25) is 0 Å². The minimum absolute atomic E-state index is 0.481. The molecule has 0 spiro atoms. The molecule has 1 aliphatic rings. The van der Waals surface area contributed by atoms with E-state index < -0.39 is 10.0 Å². The highest BCUT2D eigenvalue weighted by Gasteiger charge is 2.26. The summed E-state index contributed by atoms with van der Waals surface area (Å²) >= 11 is 1.61. The maximum Gasteiger partial charge on any atom is 0.211 e. The van der Waals surface area contributed by atoms with Crippen molar-refractivity contribution >= 4 is 37.4 Å². The third-order valence-corrected chi connectivity index (χ3v) is 6.63. The van der Waals surface area contributed by atoms with E-state index in [1.807, 2.05) is 18.2 Å². The molecule has 4 rings (SSSR count). The Balaban J connectivity index is 1.73. The molecule has 0 bridgehead atoms. The van der Waals surface area contributed by atoms with E-state index in [9.17, 15) is 8.42 Å². The topological polar surface area (TPSA) is 66.4 Å². The quantitative estimate of drug-likeness (QED) is 0.704. The van der Waals surface area contributed by atoms with Crippen LogP contribution in [0.25, 0.3) is 21.3 Å². The van der Waals surface area contributed by atoms with Gasteiger partial charge in [0.1, 0.15) is 17.0 Å². The van der Waals surface area contributed by atoms with E-state index in [-0.39, 0.29) is 0 Å². The highest BCUT2D eigenvalue weighted by molar-refractivity contribution is 7.88. The first kappa shape index (κ1) is 16.4. The minimum Gasteiger partial charge on any atom is -0.353 e. The fraction of sp³-hybridized carbons (Fsp3) is 0.294. The molecule has 1 aliphatic heterocycles. The summed E-state index contributed by atoms with van der Waals surface area (Å²) < 4.78 is 25.0. The predicted octanol–water partition coefficient (Wildman–Crippen LogP) is 2.44. The third-order valence-electron chi connectivity index (χ3n) is 4.44. The van der Waals surface area contributed by atoms with Crippen LogP contribution in [0, 0.1) is 0 Å². The van der Waals surface area contributed by atoms with Gasteiger partial charge in [-0.25, -0.2) is 18.4 Å². The van der Waals surface area contributed by atoms with Crippen molar-refractivity contribution in [3.05, 3.63) is 42.0 Å². The highest BCUT2D eigenvalue weighted by atomic mass is 32.2. The van der Waals surface area contributed by atoms with Crippen LogP contribution in [0.15, 0.2) is 42.0 Å². The summed E-state index contributed by atoms with van der Waals surface area (Å²) in [6.45, 7) is 2.22. The molecular formula is C17H18N4O2S2. The molecule has 0 N–H and O–H groups in total. The van der Waals surface area contributed by atoms with Crippen LogP contribution in [0.4, 0.5) is 5.82 Å². The van der Waals surface area contributed by atoms with E-state index in [4.69, 9.17) is 0 Å². The zero-order chi connectivity index (χ0) is 17.4. The predicted molar refractivity (Wildman–Crippen MR) is 101 cm³/mol. The number of hydrogen-bond donors (Lipinski definition) is 0. The largest absolute Gasteiger partial charge is 0.353 e. The van der Waals surface area contributed by atoms with Gasteiger partial charge in [-0.3, -0.25) is 0 Å². The molecule has 2 aromatic heterocycles. The molecule has 0 unspecified atom stereocenters. The average Bonchev–Trinajstić information content (AvgIpc) is 3.06. The number of rotatable bonds is 3. The Kier molecular flexibility index (Phi) is 4.18. The lowest BCUT2D eigenvalue weighted by Gasteiger charge is -2.34. The summed E-state index contributed by atoms with van der Waals surface area (Å²) in [7, 11) is -3.14. The molecule has 3 heterocycles. The second-order valence-electron chi connectivity index (χ2n) is 6.04. The van der Waals surface area contributed by atoms with Crippen molar-refractivity contribution in [2.24, 2.45) is 0 Å². The number of nitrogens with zero attached hydrogens (tertiary/aromatic N) is 4. The number of fused-ring (bicyclic) bond motifs is 1. The standard InChI is InChI=1S/C17H18N4O2S2/c1-25(22,23)21-9-7-20(8-10-21)16-15-14(13-5-3-2-4-6-13)11-24-17(15)19-12-18-16/h2-6,11-12H,7-10H2,1H3. The molecule has 0 amide bonds. The molecule has 8 heteroatoms. The van der Waals surface area contributed by atoms with Crippen LogP contribution < -0.4 is 4.90 Å². The van der Waals surface area contributed by atoms with Crippen LogP contribution >= 0.6 is 11.3 Å². The minimum atomic E-state index is -3.14. The summed E-state index contributed by atoms with van der Waals surface area (Å²) in [6, 6.07) is 10.2. The molecule has 0 atom stereocenters. The van der Waals surface area contributed by atoms with Gasteiger partial charge in [-0.1, -0.05) is 30.3 Å². The smallest absolute Gasteiger partial charge is 0.211 e. The number of aromatic nitrogens is 2. The molecule has 130 valence electrons. The van der Waals surface area contributed by atoms with Gasteiger partial charge in [0.25, 0.3) is 0 Å². The Bertz CT molecular complexity index is 994. The SMILES string of the molecule is CS(=O)(=O)N1CCN(c2ncnc3scc(-c4ccccc4)c23)CC1. The molecule has 0 aliphatic carbocycles. The number of hydrogen-bond acceptors (Lipinski definition) is 6. The summed E-state index contributed by atoms with van der Waals surface area (Å²) in [4.78, 5) is 12.1. The number of sulfonamides is 1. The number of anilines is 1. The zero-order valence-electron chi connectivity index (χ0n) is 13.8. The summed E-state index contributed by atoms with van der Waals surface area (Å²) in [5.74, 6) is 0.887. The third kappa shape index (κ3) is 3.12. The number of thiophene rings is 1. The normalized spacial score (nSPS) is 16.4. The summed E-state index contributed by atoms with van der Waals surface area (Å²) in [6.07, 6.45) is 2.85. The lowest BCUT2D eigenvalue weighted by Crippen LogP contribution is -2.48. The van der Waals surface area contributed by atoms with Crippen molar-refractivity contribution in [1.82, 2.24) is 14.3 Å². The maximum atomic E-state index is 11.7. The molecule has 1 fully saturated rings. The molecule has 1 saturated heterocycles. The molecular weight excluding hydrogens is 356 g/mol. The summed E-state index contributed by atoms with van der Waals surface area (Å²) in [5.41, 5.74) is 2.27. The van der Waals surface area contributed by atoms with E-state index in [2.05, 4.69) is 32.4 Å².